The largest absolute Gasteiger partial charge is 0.473 e. The molecule has 0 saturated heterocycles. The highest BCUT2D eigenvalue weighted by atomic mass is 35.5. The van der Waals surface area contributed by atoms with Gasteiger partial charge in [0.2, 0.25) is 0 Å². The van der Waals surface area contributed by atoms with E-state index in [1.807, 2.05) is 18.2 Å². The first kappa shape index (κ1) is 11.6. The van der Waals surface area contributed by atoms with E-state index in [0.29, 0.717) is 40.6 Å². The highest BCUT2D eigenvalue weighted by molar-refractivity contribution is 6.42. The fraction of sp³-hybridized carbons (Fsp3) is 0.154. The van der Waals surface area contributed by atoms with E-state index in [1.54, 1.807) is 12.1 Å². The number of benzene rings is 1. The molecule has 1 aliphatic rings. The summed E-state index contributed by atoms with van der Waals surface area (Å²) < 4.78 is 11.0. The highest BCUT2D eigenvalue weighted by Crippen LogP contribution is 2.29. The number of hydrogen-bond acceptors (Lipinski definition) is 3. The molecule has 0 unspecified atom stereocenters. The number of rotatable bonds is 2. The molecule has 2 aromatic rings. The van der Waals surface area contributed by atoms with E-state index in [-0.39, 0.29) is 0 Å². The summed E-state index contributed by atoms with van der Waals surface area (Å²) in [5.41, 5.74) is 0.870. The number of furan rings is 1. The van der Waals surface area contributed by atoms with Crippen LogP contribution < -0.4 is 0 Å². The van der Waals surface area contributed by atoms with Crippen molar-refractivity contribution in [3.05, 3.63) is 46.1 Å². The summed E-state index contributed by atoms with van der Waals surface area (Å²) in [6, 6.07) is 9.06. The van der Waals surface area contributed by atoms with E-state index in [4.69, 9.17) is 32.4 Å². The van der Waals surface area contributed by atoms with E-state index < -0.39 is 0 Å². The van der Waals surface area contributed by atoms with Crippen LogP contribution >= 0.6 is 23.2 Å². The Morgan fingerprint density at radius 2 is 1.83 bits per heavy atom. The maximum absolute atomic E-state index is 5.98. The summed E-state index contributed by atoms with van der Waals surface area (Å²) in [5.74, 6) is 1.90. The lowest BCUT2D eigenvalue weighted by atomic mass is 10.2. The summed E-state index contributed by atoms with van der Waals surface area (Å²) >= 11 is 11.9. The molecule has 0 amide bonds. The summed E-state index contributed by atoms with van der Waals surface area (Å²) in [4.78, 5) is 4.20. The van der Waals surface area contributed by atoms with Gasteiger partial charge in [0.1, 0.15) is 12.4 Å². The van der Waals surface area contributed by atoms with Gasteiger partial charge in [0.25, 0.3) is 5.90 Å². The van der Waals surface area contributed by atoms with E-state index in [2.05, 4.69) is 4.99 Å². The zero-order chi connectivity index (χ0) is 12.5. The van der Waals surface area contributed by atoms with Crippen molar-refractivity contribution in [2.45, 2.75) is 0 Å². The highest BCUT2D eigenvalue weighted by Gasteiger charge is 2.15. The molecule has 3 nitrogen and oxygen atoms in total. The minimum absolute atomic E-state index is 0.501. The lowest BCUT2D eigenvalue weighted by Gasteiger charge is -2.00. The summed E-state index contributed by atoms with van der Waals surface area (Å²) in [7, 11) is 0. The van der Waals surface area contributed by atoms with E-state index >= 15 is 0 Å². The fourth-order valence-electron chi connectivity index (χ4n) is 1.74. The predicted molar refractivity (Wildman–Crippen MR) is 71.5 cm³/mol. The maximum atomic E-state index is 5.98. The maximum Gasteiger partial charge on any atom is 0.253 e. The average Bonchev–Trinajstić information content (AvgIpc) is 3.01. The van der Waals surface area contributed by atoms with E-state index in [9.17, 15) is 0 Å². The Bertz CT molecular complexity index is 619. The third-order valence-corrected chi connectivity index (χ3v) is 3.35. The molecule has 0 N–H and O–H groups in total. The SMILES string of the molecule is Clc1ccc(-c2ccc(C3=NCCO3)o2)cc1Cl. The third kappa shape index (κ3) is 2.11. The molecule has 1 aromatic carbocycles. The molecule has 0 fully saturated rings. The van der Waals surface area contributed by atoms with Crippen LogP contribution in [0.2, 0.25) is 10.0 Å². The summed E-state index contributed by atoms with van der Waals surface area (Å²) in [5, 5.41) is 1.03. The Kier molecular flexibility index (Phi) is 3.02. The predicted octanol–water partition coefficient (Wildman–Crippen LogP) is 4.03. The molecule has 0 saturated carbocycles. The second-order valence-corrected chi connectivity index (χ2v) is 4.64. The quantitative estimate of drug-likeness (QED) is 0.833. The molecule has 1 aliphatic heterocycles. The fourth-order valence-corrected chi connectivity index (χ4v) is 2.04. The van der Waals surface area contributed by atoms with Crippen molar-refractivity contribution < 1.29 is 9.15 Å². The minimum Gasteiger partial charge on any atom is -0.473 e. The monoisotopic (exact) mass is 281 g/mol. The second kappa shape index (κ2) is 4.67. The van der Waals surface area contributed by atoms with Crippen molar-refractivity contribution in [1.82, 2.24) is 0 Å². The van der Waals surface area contributed by atoms with Gasteiger partial charge in [0.05, 0.1) is 16.6 Å². The molecular weight excluding hydrogens is 273 g/mol. The van der Waals surface area contributed by atoms with Gasteiger partial charge < -0.3 is 9.15 Å². The van der Waals surface area contributed by atoms with Crippen LogP contribution in [0.15, 0.2) is 39.7 Å². The van der Waals surface area contributed by atoms with Gasteiger partial charge in [-0.15, -0.1) is 0 Å². The van der Waals surface area contributed by atoms with Gasteiger partial charge in [-0.3, -0.25) is 0 Å². The van der Waals surface area contributed by atoms with Crippen molar-refractivity contribution in [1.29, 1.82) is 0 Å². The Morgan fingerprint density at radius 3 is 2.56 bits per heavy atom. The molecule has 0 aliphatic carbocycles. The Labute approximate surface area is 114 Å². The van der Waals surface area contributed by atoms with Crippen LogP contribution in [0.3, 0.4) is 0 Å². The molecule has 3 rings (SSSR count). The first-order valence-corrected chi connectivity index (χ1v) is 6.22. The van der Waals surface area contributed by atoms with Crippen molar-refractivity contribution in [2.24, 2.45) is 4.99 Å². The van der Waals surface area contributed by atoms with E-state index in [0.717, 1.165) is 5.56 Å². The lowest BCUT2D eigenvalue weighted by molar-refractivity contribution is 0.339. The lowest BCUT2D eigenvalue weighted by Crippen LogP contribution is -1.98. The van der Waals surface area contributed by atoms with Crippen LogP contribution in [0.5, 0.6) is 0 Å². The number of ether oxygens (including phenoxy) is 1. The second-order valence-electron chi connectivity index (χ2n) is 3.83. The molecule has 0 atom stereocenters. The molecule has 2 heterocycles. The first-order chi connectivity index (χ1) is 8.74. The first-order valence-electron chi connectivity index (χ1n) is 5.47. The number of hydrogen-bond donors (Lipinski definition) is 0. The summed E-state index contributed by atoms with van der Waals surface area (Å²) in [6.45, 7) is 1.29. The van der Waals surface area contributed by atoms with Gasteiger partial charge in [-0.05, 0) is 30.3 Å². The van der Waals surface area contributed by atoms with Gasteiger partial charge in [0.15, 0.2) is 5.76 Å². The molecule has 5 heteroatoms. The van der Waals surface area contributed by atoms with Crippen molar-refractivity contribution >= 4 is 29.1 Å². The van der Waals surface area contributed by atoms with Crippen LogP contribution in [-0.2, 0) is 4.74 Å². The molecule has 92 valence electrons. The van der Waals surface area contributed by atoms with Gasteiger partial charge >= 0.3 is 0 Å². The molecule has 0 bridgehead atoms. The van der Waals surface area contributed by atoms with Crippen LogP contribution in [-0.4, -0.2) is 19.0 Å². The Hall–Kier alpha value is -1.45. The molecule has 1 aromatic heterocycles. The zero-order valence-corrected chi connectivity index (χ0v) is 10.8. The molecule has 0 spiro atoms. The summed E-state index contributed by atoms with van der Waals surface area (Å²) in [6.07, 6.45) is 0. The van der Waals surface area contributed by atoms with Crippen LogP contribution in [0.1, 0.15) is 5.76 Å². The average molecular weight is 282 g/mol. The van der Waals surface area contributed by atoms with Gasteiger partial charge in [-0.2, -0.15) is 0 Å². The normalized spacial score (nSPS) is 14.4. The van der Waals surface area contributed by atoms with Crippen LogP contribution in [0.4, 0.5) is 0 Å². The molecule has 0 radical (unpaired) electrons. The van der Waals surface area contributed by atoms with Crippen molar-refractivity contribution in [3.8, 4) is 11.3 Å². The van der Waals surface area contributed by atoms with E-state index in [1.165, 1.54) is 0 Å². The smallest absolute Gasteiger partial charge is 0.253 e. The van der Waals surface area contributed by atoms with Gasteiger partial charge in [0, 0.05) is 5.56 Å². The topological polar surface area (TPSA) is 34.7 Å². The van der Waals surface area contributed by atoms with Crippen LogP contribution in [0, 0.1) is 0 Å². The number of nitrogens with zero attached hydrogens (tertiary/aromatic N) is 1. The van der Waals surface area contributed by atoms with Gasteiger partial charge in [-0.25, -0.2) is 4.99 Å². The third-order valence-electron chi connectivity index (χ3n) is 2.61. The van der Waals surface area contributed by atoms with Crippen LogP contribution in [0.25, 0.3) is 11.3 Å². The van der Waals surface area contributed by atoms with Gasteiger partial charge in [-0.1, -0.05) is 23.2 Å². The Morgan fingerprint density at radius 1 is 1.00 bits per heavy atom. The molecular formula is C13H9Cl2NO2. The van der Waals surface area contributed by atoms with Crippen molar-refractivity contribution in [2.75, 3.05) is 13.2 Å². The molecule has 18 heavy (non-hydrogen) atoms. The standard InChI is InChI=1S/C13H9Cl2NO2/c14-9-2-1-8(7-10(9)15)11-3-4-12(18-11)13-16-5-6-17-13/h1-4,7H,5-6H2. The minimum atomic E-state index is 0.501. The van der Waals surface area contributed by atoms with Crippen molar-refractivity contribution in [3.63, 3.8) is 0 Å². The Balaban J connectivity index is 1.95. The number of halogens is 2. The number of aliphatic imine (C=N–C) groups is 1. The zero-order valence-electron chi connectivity index (χ0n) is 9.32.